The normalized spacial score (nSPS) is 10.7. The van der Waals surface area contributed by atoms with Gasteiger partial charge in [0.2, 0.25) is 0 Å². The monoisotopic (exact) mass is 347 g/mol. The van der Waals surface area contributed by atoms with Crippen molar-refractivity contribution in [1.29, 1.82) is 0 Å². The van der Waals surface area contributed by atoms with Gasteiger partial charge in [-0.15, -0.1) is 0 Å². The Morgan fingerprint density at radius 2 is 1.74 bits per heavy atom. The number of pyridine rings is 1. The molecule has 118 valence electrons. The van der Waals surface area contributed by atoms with Gasteiger partial charge in [-0.25, -0.2) is 15.0 Å². The van der Waals surface area contributed by atoms with Gasteiger partial charge >= 0.3 is 0 Å². The van der Waals surface area contributed by atoms with E-state index in [0.29, 0.717) is 29.0 Å². The Kier molecular flexibility index (Phi) is 4.79. The summed E-state index contributed by atoms with van der Waals surface area (Å²) in [5.41, 5.74) is 2.09. The van der Waals surface area contributed by atoms with Gasteiger partial charge in [0.05, 0.1) is 15.6 Å². The summed E-state index contributed by atoms with van der Waals surface area (Å²) in [5, 5.41) is 8.49. The van der Waals surface area contributed by atoms with Gasteiger partial charge in [0.1, 0.15) is 18.0 Å². The number of halogens is 2. The van der Waals surface area contributed by atoms with Crippen LogP contribution in [0.15, 0.2) is 36.8 Å². The zero-order valence-electron chi connectivity index (χ0n) is 12.5. The molecule has 0 spiro atoms. The van der Waals surface area contributed by atoms with E-state index in [-0.39, 0.29) is 0 Å². The van der Waals surface area contributed by atoms with Crippen LogP contribution in [0.2, 0.25) is 10.0 Å². The van der Waals surface area contributed by atoms with Crippen LogP contribution < -0.4 is 10.6 Å². The Bertz CT molecular complexity index is 838. The molecule has 0 aliphatic carbocycles. The van der Waals surface area contributed by atoms with Crippen molar-refractivity contribution in [2.24, 2.45) is 0 Å². The molecule has 5 nitrogen and oxygen atoms in total. The van der Waals surface area contributed by atoms with Gasteiger partial charge in [0, 0.05) is 24.7 Å². The van der Waals surface area contributed by atoms with E-state index >= 15 is 0 Å². The van der Waals surface area contributed by atoms with Crippen molar-refractivity contribution in [2.75, 3.05) is 23.7 Å². The summed E-state index contributed by atoms with van der Waals surface area (Å²) in [6.45, 7) is 3.36. The highest BCUT2D eigenvalue weighted by Crippen LogP contribution is 2.22. The van der Waals surface area contributed by atoms with Crippen molar-refractivity contribution >= 4 is 45.7 Å². The van der Waals surface area contributed by atoms with Crippen LogP contribution >= 0.6 is 23.2 Å². The van der Waals surface area contributed by atoms with Gasteiger partial charge in [0.25, 0.3) is 0 Å². The maximum absolute atomic E-state index is 6.07. The Morgan fingerprint density at radius 3 is 2.52 bits per heavy atom. The Morgan fingerprint density at radius 1 is 0.957 bits per heavy atom. The number of rotatable bonds is 5. The molecule has 3 rings (SSSR count). The molecule has 0 fully saturated rings. The minimum Gasteiger partial charge on any atom is -0.368 e. The van der Waals surface area contributed by atoms with Crippen LogP contribution in [-0.2, 0) is 0 Å². The van der Waals surface area contributed by atoms with Crippen LogP contribution in [0.25, 0.3) is 10.9 Å². The third-order valence-corrected chi connectivity index (χ3v) is 3.80. The summed E-state index contributed by atoms with van der Waals surface area (Å²) in [4.78, 5) is 12.7. The number of nitrogens with zero attached hydrogens (tertiary/aromatic N) is 3. The second-order valence-corrected chi connectivity index (χ2v) is 5.92. The lowest BCUT2D eigenvalue weighted by molar-refractivity contribution is 1.04. The molecule has 0 aliphatic rings. The highest BCUT2D eigenvalue weighted by Gasteiger charge is 2.04. The first kappa shape index (κ1) is 15.8. The third kappa shape index (κ3) is 3.81. The molecule has 0 saturated heterocycles. The van der Waals surface area contributed by atoms with Gasteiger partial charge in [-0.1, -0.05) is 34.8 Å². The summed E-state index contributed by atoms with van der Waals surface area (Å²) in [5.74, 6) is 1.43. The van der Waals surface area contributed by atoms with E-state index in [1.165, 1.54) is 5.56 Å². The smallest absolute Gasteiger partial charge is 0.144 e. The number of hydrogen-bond acceptors (Lipinski definition) is 5. The van der Waals surface area contributed by atoms with Crippen LogP contribution in [-0.4, -0.2) is 28.0 Å². The molecule has 0 bridgehead atoms. The molecule has 3 aromatic rings. The fourth-order valence-electron chi connectivity index (χ4n) is 2.22. The molecule has 2 N–H and O–H groups in total. The van der Waals surface area contributed by atoms with Crippen LogP contribution in [0.1, 0.15) is 5.56 Å². The molecule has 1 aromatic carbocycles. The van der Waals surface area contributed by atoms with E-state index in [0.717, 1.165) is 16.7 Å². The van der Waals surface area contributed by atoms with Gasteiger partial charge < -0.3 is 10.6 Å². The van der Waals surface area contributed by atoms with Crippen molar-refractivity contribution in [2.45, 2.75) is 6.92 Å². The molecular formula is C16H15Cl2N5. The third-order valence-electron chi connectivity index (χ3n) is 3.31. The van der Waals surface area contributed by atoms with Crippen molar-refractivity contribution in [3.05, 3.63) is 52.4 Å². The van der Waals surface area contributed by atoms with Crippen LogP contribution in [0.4, 0.5) is 11.6 Å². The van der Waals surface area contributed by atoms with Gasteiger partial charge in [0.15, 0.2) is 0 Å². The number of aryl methyl sites for hydroxylation is 1. The number of aromatic nitrogens is 3. The summed E-state index contributed by atoms with van der Waals surface area (Å²) in [6, 6.07) is 7.76. The zero-order valence-corrected chi connectivity index (χ0v) is 14.0. The van der Waals surface area contributed by atoms with E-state index in [1.54, 1.807) is 18.6 Å². The largest absolute Gasteiger partial charge is 0.368 e. The van der Waals surface area contributed by atoms with Crippen molar-refractivity contribution < 1.29 is 0 Å². The van der Waals surface area contributed by atoms with Gasteiger partial charge in [-0.2, -0.15) is 0 Å². The predicted octanol–water partition coefficient (Wildman–Crippen LogP) is 4.16. The van der Waals surface area contributed by atoms with Gasteiger partial charge in [-0.3, -0.25) is 0 Å². The van der Waals surface area contributed by atoms with Crippen LogP contribution in [0, 0.1) is 6.92 Å². The van der Waals surface area contributed by atoms with Crippen molar-refractivity contribution in [1.82, 2.24) is 15.0 Å². The first-order chi connectivity index (χ1) is 11.1. The number of benzene rings is 1. The lowest BCUT2D eigenvalue weighted by Crippen LogP contribution is -2.15. The second kappa shape index (κ2) is 6.98. The first-order valence-corrected chi connectivity index (χ1v) is 7.89. The lowest BCUT2D eigenvalue weighted by Gasteiger charge is -2.10. The molecule has 23 heavy (non-hydrogen) atoms. The van der Waals surface area contributed by atoms with E-state index in [1.807, 2.05) is 19.1 Å². The number of fused-ring (bicyclic) bond motifs is 1. The average molecular weight is 348 g/mol. The minimum absolute atomic E-state index is 0.501. The maximum atomic E-state index is 6.07. The van der Waals surface area contributed by atoms with Crippen LogP contribution in [0.5, 0.6) is 0 Å². The SMILES string of the molecule is Cc1ccc2ncnc(NCCNc3ncc(Cl)cc3Cl)c2c1. The Labute approximate surface area is 144 Å². The molecule has 2 aromatic heterocycles. The molecule has 0 aliphatic heterocycles. The molecule has 0 saturated carbocycles. The Balaban J connectivity index is 1.64. The van der Waals surface area contributed by atoms with Crippen molar-refractivity contribution in [3.63, 3.8) is 0 Å². The number of anilines is 2. The highest BCUT2D eigenvalue weighted by atomic mass is 35.5. The molecule has 2 heterocycles. The summed E-state index contributed by atoms with van der Waals surface area (Å²) < 4.78 is 0. The maximum Gasteiger partial charge on any atom is 0.144 e. The van der Waals surface area contributed by atoms with Gasteiger partial charge in [-0.05, 0) is 25.1 Å². The molecule has 7 heteroatoms. The van der Waals surface area contributed by atoms with Crippen LogP contribution in [0.3, 0.4) is 0 Å². The number of nitrogens with one attached hydrogen (secondary N) is 2. The number of hydrogen-bond donors (Lipinski definition) is 2. The molecular weight excluding hydrogens is 333 g/mol. The molecule has 0 atom stereocenters. The molecule has 0 radical (unpaired) electrons. The average Bonchev–Trinajstić information content (AvgIpc) is 2.53. The summed E-state index contributed by atoms with van der Waals surface area (Å²) in [6.07, 6.45) is 3.12. The van der Waals surface area contributed by atoms with E-state index in [4.69, 9.17) is 23.2 Å². The van der Waals surface area contributed by atoms with E-state index < -0.39 is 0 Å². The lowest BCUT2D eigenvalue weighted by atomic mass is 10.1. The summed E-state index contributed by atoms with van der Waals surface area (Å²) >= 11 is 11.9. The molecule has 0 amide bonds. The first-order valence-electron chi connectivity index (χ1n) is 7.13. The summed E-state index contributed by atoms with van der Waals surface area (Å²) in [7, 11) is 0. The van der Waals surface area contributed by atoms with E-state index in [2.05, 4.69) is 31.7 Å². The van der Waals surface area contributed by atoms with Crippen molar-refractivity contribution in [3.8, 4) is 0 Å². The standard InChI is InChI=1S/C16H15Cl2N5/c1-10-2-3-14-12(6-10)15(23-9-22-14)19-4-5-20-16-13(18)7-11(17)8-21-16/h2-3,6-9H,4-5H2,1H3,(H,20,21)(H,19,22,23). The Hall–Kier alpha value is -2.11. The quantitative estimate of drug-likeness (QED) is 0.678. The highest BCUT2D eigenvalue weighted by molar-refractivity contribution is 6.35. The topological polar surface area (TPSA) is 62.7 Å². The fraction of sp³-hybridized carbons (Fsp3) is 0.188. The van der Waals surface area contributed by atoms with E-state index in [9.17, 15) is 0 Å². The predicted molar refractivity (Wildman–Crippen MR) is 95.5 cm³/mol. The fourth-order valence-corrected chi connectivity index (χ4v) is 2.66. The zero-order chi connectivity index (χ0) is 16.2. The second-order valence-electron chi connectivity index (χ2n) is 5.08. The molecule has 0 unspecified atom stereocenters. The minimum atomic E-state index is 0.501.